The third kappa shape index (κ3) is 8.91. The summed E-state index contributed by atoms with van der Waals surface area (Å²) in [6, 6.07) is 0. The van der Waals surface area contributed by atoms with Gasteiger partial charge in [0, 0.05) is 17.8 Å². The zero-order valence-electron chi connectivity index (χ0n) is 28.3. The van der Waals surface area contributed by atoms with E-state index in [1.54, 1.807) is 0 Å². The first-order valence-corrected chi connectivity index (χ1v) is 15.8. The molecule has 1 aliphatic heterocycles. The molecule has 1 heterocycles. The first-order chi connectivity index (χ1) is 20.0. The van der Waals surface area contributed by atoms with Crippen LogP contribution in [0.2, 0.25) is 0 Å². The molecule has 5 atom stereocenters. The number of allylic oxidation sites excluding steroid dienone is 18. The smallest absolute Gasteiger partial charge is 0.121 e. The van der Waals surface area contributed by atoms with Crippen molar-refractivity contribution in [2.75, 3.05) is 0 Å². The van der Waals surface area contributed by atoms with E-state index in [-0.39, 0.29) is 34.2 Å². The molecule has 3 rings (SSSR count). The molecule has 0 bridgehead atoms. The molecule has 0 aromatic carbocycles. The molecule has 234 valence electrons. The van der Waals surface area contributed by atoms with Gasteiger partial charge in [-0.1, -0.05) is 141 Å². The summed E-state index contributed by atoms with van der Waals surface area (Å²) in [4.78, 5) is 0. The topological polar surface area (TPSA) is 53.0 Å². The molecule has 2 fully saturated rings. The number of hydrogen-bond donors (Lipinski definition) is 2. The van der Waals surface area contributed by atoms with Crippen molar-refractivity contribution in [3.63, 3.8) is 0 Å². The Balaban J connectivity index is 1.49. The molecule has 3 heteroatoms. The third-order valence-corrected chi connectivity index (χ3v) is 9.43. The molecule has 0 aromatic rings. The van der Waals surface area contributed by atoms with Crippen molar-refractivity contribution >= 4 is 0 Å². The van der Waals surface area contributed by atoms with Crippen LogP contribution in [0.25, 0.3) is 0 Å². The monoisotopic (exact) mass is 584 g/mol. The van der Waals surface area contributed by atoms with E-state index >= 15 is 0 Å². The SMILES string of the molecule is CC1=C[C@H](O)CC(C)(C)[C@H]1/C=C/C(C)=C\C=C\C(C)=C/C=C/C=C(C)/C=C/C=C(C)/C=C/[C@@]12O[C@]1(C)C[C@@H](O)CC2(C)C. The summed E-state index contributed by atoms with van der Waals surface area (Å²) in [7, 11) is 0. The van der Waals surface area contributed by atoms with Gasteiger partial charge < -0.3 is 14.9 Å². The fourth-order valence-corrected chi connectivity index (χ4v) is 7.07. The summed E-state index contributed by atoms with van der Waals surface area (Å²) >= 11 is 0. The van der Waals surface area contributed by atoms with Crippen LogP contribution in [0.1, 0.15) is 88.5 Å². The molecule has 2 N–H and O–H groups in total. The van der Waals surface area contributed by atoms with Gasteiger partial charge in [0.05, 0.1) is 12.2 Å². The first kappa shape index (κ1) is 34.8. The lowest BCUT2D eigenvalue weighted by Gasteiger charge is -2.39. The molecule has 1 saturated carbocycles. The van der Waals surface area contributed by atoms with Gasteiger partial charge in [0.2, 0.25) is 0 Å². The third-order valence-electron chi connectivity index (χ3n) is 9.43. The van der Waals surface area contributed by atoms with Crippen LogP contribution in [0.3, 0.4) is 0 Å². The Morgan fingerprint density at radius 2 is 1.23 bits per heavy atom. The van der Waals surface area contributed by atoms with Gasteiger partial charge in [-0.2, -0.15) is 0 Å². The van der Waals surface area contributed by atoms with Crippen molar-refractivity contribution in [3.05, 3.63) is 119 Å². The van der Waals surface area contributed by atoms with Gasteiger partial charge >= 0.3 is 0 Å². The van der Waals surface area contributed by atoms with Crippen LogP contribution < -0.4 is 0 Å². The van der Waals surface area contributed by atoms with Crippen LogP contribution in [-0.2, 0) is 4.74 Å². The highest BCUT2D eigenvalue weighted by Gasteiger charge is 2.74. The van der Waals surface area contributed by atoms with Crippen molar-refractivity contribution in [3.8, 4) is 0 Å². The van der Waals surface area contributed by atoms with E-state index in [0.717, 1.165) is 12.8 Å². The van der Waals surface area contributed by atoms with E-state index in [1.165, 1.54) is 27.9 Å². The second-order valence-electron chi connectivity index (χ2n) is 14.6. The first-order valence-electron chi connectivity index (χ1n) is 15.8. The maximum absolute atomic E-state index is 10.2. The number of aliphatic hydroxyl groups excluding tert-OH is 2. The average molecular weight is 585 g/mol. The highest BCUT2D eigenvalue weighted by molar-refractivity contribution is 5.37. The van der Waals surface area contributed by atoms with Crippen LogP contribution in [0.4, 0.5) is 0 Å². The molecule has 0 spiro atoms. The van der Waals surface area contributed by atoms with Gasteiger partial charge in [0.25, 0.3) is 0 Å². The Hall–Kier alpha value is -2.72. The number of aliphatic hydroxyl groups is 2. The standard InChI is InChI=1S/C40H56O3/c1-29(17-13-19-31(3)21-22-36-33(5)25-34(41)26-37(36,6)7)15-11-12-16-30(2)18-14-20-32(4)23-24-40-38(8,9)27-35(42)28-39(40,10)43-40/h11-25,34-36,41-42H,26-28H2,1-10H3/b12-11+,17-13+,18-14+,22-21+,24-23+,29-15-,30-16+,31-19-,32-20+/t34-,35-,36-,39+,40-/m0/s1. The van der Waals surface area contributed by atoms with Gasteiger partial charge in [0.1, 0.15) is 11.2 Å². The minimum absolute atomic E-state index is 0.0547. The van der Waals surface area contributed by atoms with Crippen molar-refractivity contribution < 1.29 is 14.9 Å². The van der Waals surface area contributed by atoms with Gasteiger partial charge in [-0.05, 0) is 65.9 Å². The number of hydrogen-bond acceptors (Lipinski definition) is 3. The predicted octanol–water partition coefficient (Wildman–Crippen LogP) is 9.61. The molecule has 43 heavy (non-hydrogen) atoms. The van der Waals surface area contributed by atoms with Crippen LogP contribution in [0.5, 0.6) is 0 Å². The van der Waals surface area contributed by atoms with Crippen LogP contribution in [0.15, 0.2) is 119 Å². The van der Waals surface area contributed by atoms with Crippen molar-refractivity contribution in [2.24, 2.45) is 16.7 Å². The molecule has 3 aliphatic rings. The summed E-state index contributed by atoms with van der Waals surface area (Å²) in [6.07, 6.45) is 33.5. The minimum Gasteiger partial charge on any atom is -0.393 e. The van der Waals surface area contributed by atoms with Crippen LogP contribution in [0, 0.1) is 16.7 Å². The lowest BCUT2D eigenvalue weighted by Crippen LogP contribution is -2.46. The van der Waals surface area contributed by atoms with E-state index in [9.17, 15) is 10.2 Å². The second-order valence-corrected chi connectivity index (χ2v) is 14.6. The Bertz CT molecular complexity index is 1320. The van der Waals surface area contributed by atoms with Crippen molar-refractivity contribution in [1.29, 1.82) is 0 Å². The summed E-state index contributed by atoms with van der Waals surface area (Å²) in [6.45, 7) is 21.5. The van der Waals surface area contributed by atoms with E-state index in [0.29, 0.717) is 12.3 Å². The molecule has 0 amide bonds. The van der Waals surface area contributed by atoms with Crippen molar-refractivity contribution in [2.45, 2.75) is 112 Å². The highest BCUT2D eigenvalue weighted by Crippen LogP contribution is 2.66. The van der Waals surface area contributed by atoms with E-state index in [2.05, 4.69) is 154 Å². The predicted molar refractivity (Wildman–Crippen MR) is 184 cm³/mol. The second kappa shape index (κ2) is 13.9. The lowest BCUT2D eigenvalue weighted by molar-refractivity contribution is 0.0515. The van der Waals surface area contributed by atoms with Gasteiger partial charge in [0.15, 0.2) is 0 Å². The molecule has 0 radical (unpaired) electrons. The fraction of sp³-hybridized carbons (Fsp3) is 0.500. The van der Waals surface area contributed by atoms with Crippen LogP contribution >= 0.6 is 0 Å². The Morgan fingerprint density at radius 1 is 0.721 bits per heavy atom. The normalized spacial score (nSPS) is 33.8. The average Bonchev–Trinajstić information content (AvgIpc) is 3.49. The number of fused-ring (bicyclic) bond motifs is 1. The van der Waals surface area contributed by atoms with Crippen molar-refractivity contribution in [1.82, 2.24) is 0 Å². The van der Waals surface area contributed by atoms with E-state index < -0.39 is 0 Å². The maximum atomic E-state index is 10.2. The number of rotatable bonds is 10. The zero-order chi connectivity index (χ0) is 32.1. The number of epoxide rings is 1. The maximum Gasteiger partial charge on any atom is 0.121 e. The van der Waals surface area contributed by atoms with Gasteiger partial charge in [-0.25, -0.2) is 0 Å². The summed E-state index contributed by atoms with van der Waals surface area (Å²) in [5.41, 5.74) is 5.38. The van der Waals surface area contributed by atoms with Crippen LogP contribution in [-0.4, -0.2) is 33.6 Å². The van der Waals surface area contributed by atoms with Gasteiger partial charge in [-0.3, -0.25) is 0 Å². The minimum atomic E-state index is -0.333. The molecule has 0 aromatic heterocycles. The fourth-order valence-electron chi connectivity index (χ4n) is 7.07. The lowest BCUT2D eigenvalue weighted by atomic mass is 9.63. The van der Waals surface area contributed by atoms with Gasteiger partial charge in [-0.15, -0.1) is 0 Å². The molecule has 0 unspecified atom stereocenters. The Kier molecular flexibility index (Phi) is 11.3. The molecule has 3 nitrogen and oxygen atoms in total. The summed E-state index contributed by atoms with van der Waals surface area (Å²) in [5, 5.41) is 20.3. The largest absolute Gasteiger partial charge is 0.393 e. The molecular formula is C40H56O3. The Morgan fingerprint density at radius 3 is 1.77 bits per heavy atom. The molecule has 2 aliphatic carbocycles. The summed E-state index contributed by atoms with van der Waals surface area (Å²) in [5.74, 6) is 0.345. The molecular weight excluding hydrogens is 528 g/mol. The summed E-state index contributed by atoms with van der Waals surface area (Å²) < 4.78 is 6.25. The molecule has 1 saturated heterocycles. The Labute approximate surface area is 262 Å². The van der Waals surface area contributed by atoms with E-state index in [1.807, 2.05) is 6.08 Å². The highest BCUT2D eigenvalue weighted by atomic mass is 16.6. The zero-order valence-corrected chi connectivity index (χ0v) is 28.3. The van der Waals surface area contributed by atoms with E-state index in [4.69, 9.17) is 4.74 Å². The quantitative estimate of drug-likeness (QED) is 0.153. The number of ether oxygens (including phenoxy) is 1.